The van der Waals surface area contributed by atoms with E-state index in [4.69, 9.17) is 36.8 Å². The van der Waals surface area contributed by atoms with Crippen LogP contribution in [0.1, 0.15) is 61.8 Å². The zero-order valence-corrected chi connectivity index (χ0v) is 21.4. The third-order valence-corrected chi connectivity index (χ3v) is 5.13. The monoisotopic (exact) mass is 492 g/mol. The van der Waals surface area contributed by atoms with Crippen LogP contribution in [0.3, 0.4) is 0 Å². The van der Waals surface area contributed by atoms with Crippen molar-refractivity contribution in [3.63, 3.8) is 0 Å². The van der Waals surface area contributed by atoms with Crippen molar-refractivity contribution in [2.45, 2.75) is 86.2 Å². The standard InChI is InChI=1S/C6H14O2.C5H11BrO.C5H11ClO.C5H10O/c1-5(2)6(8)3-4-7;2*1-4(2)5(7)3-6;1-4(2)5-3-6-5/h5-8H,3-4H2,1-2H3;2*4-5,7H,3H2,1-2H3;4-5H,3H2,1-2H3/t6-;3*5-/m1111/s1. The lowest BCUT2D eigenvalue weighted by molar-refractivity contribution is 0.0931. The van der Waals surface area contributed by atoms with Crippen LogP contribution in [0.15, 0.2) is 0 Å². The molecule has 0 aliphatic carbocycles. The van der Waals surface area contributed by atoms with Crippen LogP contribution in [0.25, 0.3) is 0 Å². The molecule has 1 heterocycles. The summed E-state index contributed by atoms with van der Waals surface area (Å²) >= 11 is 8.46. The lowest BCUT2D eigenvalue weighted by Crippen LogP contribution is -2.15. The summed E-state index contributed by atoms with van der Waals surface area (Å²) in [4.78, 5) is 0. The van der Waals surface area contributed by atoms with Gasteiger partial charge in [0.2, 0.25) is 0 Å². The van der Waals surface area contributed by atoms with Gasteiger partial charge >= 0.3 is 0 Å². The molecule has 1 rings (SSSR count). The van der Waals surface area contributed by atoms with Crippen molar-refractivity contribution < 1.29 is 25.2 Å². The Kier molecular flexibility index (Phi) is 24.7. The van der Waals surface area contributed by atoms with Gasteiger partial charge in [-0.15, -0.1) is 11.6 Å². The summed E-state index contributed by atoms with van der Waals surface area (Å²) in [7, 11) is 0. The predicted molar refractivity (Wildman–Crippen MR) is 123 cm³/mol. The second kappa shape index (κ2) is 20.8. The van der Waals surface area contributed by atoms with Crippen LogP contribution in [0.5, 0.6) is 0 Å². The summed E-state index contributed by atoms with van der Waals surface area (Å²) < 4.78 is 4.97. The van der Waals surface area contributed by atoms with E-state index in [1.807, 2.05) is 41.5 Å². The molecule has 0 bridgehead atoms. The van der Waals surface area contributed by atoms with Gasteiger partial charge in [0.15, 0.2) is 0 Å². The summed E-state index contributed by atoms with van der Waals surface area (Å²) in [5.74, 6) is 2.02. The molecule has 5 nitrogen and oxygen atoms in total. The normalized spacial score (nSPS) is 18.4. The van der Waals surface area contributed by atoms with E-state index in [2.05, 4.69) is 29.8 Å². The molecule has 0 aromatic rings. The Morgan fingerprint density at radius 3 is 1.29 bits per heavy atom. The molecule has 1 fully saturated rings. The Hall–Kier alpha value is 0.570. The molecule has 174 valence electrons. The van der Waals surface area contributed by atoms with Gasteiger partial charge in [-0.3, -0.25) is 0 Å². The third-order valence-electron chi connectivity index (χ3n) is 4.15. The molecular formula is C21H46BrClO5. The Labute approximate surface area is 187 Å². The number of ether oxygens (including phenoxy) is 1. The smallest absolute Gasteiger partial charge is 0.0832 e. The van der Waals surface area contributed by atoms with Crippen molar-refractivity contribution in [3.8, 4) is 0 Å². The molecule has 0 aromatic heterocycles. The van der Waals surface area contributed by atoms with Crippen LogP contribution >= 0.6 is 27.5 Å². The molecule has 7 heteroatoms. The maximum absolute atomic E-state index is 8.97. The van der Waals surface area contributed by atoms with E-state index in [0.717, 1.165) is 12.5 Å². The molecule has 1 aliphatic heterocycles. The van der Waals surface area contributed by atoms with Crippen LogP contribution in [0.2, 0.25) is 0 Å². The maximum atomic E-state index is 8.97. The number of halogens is 2. The van der Waals surface area contributed by atoms with Crippen molar-refractivity contribution in [2.24, 2.45) is 23.7 Å². The van der Waals surface area contributed by atoms with Gasteiger partial charge in [-0.1, -0.05) is 71.3 Å². The maximum Gasteiger partial charge on any atom is 0.0832 e. The molecular weight excluding hydrogens is 448 g/mol. The second-order valence-electron chi connectivity index (χ2n) is 8.37. The first-order valence-corrected chi connectivity index (χ1v) is 11.9. The highest BCUT2D eigenvalue weighted by Gasteiger charge is 2.25. The minimum atomic E-state index is -0.333. The first kappa shape index (κ1) is 33.2. The molecule has 4 atom stereocenters. The van der Waals surface area contributed by atoms with E-state index in [1.165, 1.54) is 0 Å². The van der Waals surface area contributed by atoms with Crippen molar-refractivity contribution in [2.75, 3.05) is 24.4 Å². The Balaban J connectivity index is -0.000000299. The number of aliphatic hydroxyl groups excluding tert-OH is 4. The number of rotatable bonds is 8. The zero-order chi connectivity index (χ0) is 22.9. The predicted octanol–water partition coefficient (Wildman–Crippen LogP) is 4.07. The van der Waals surface area contributed by atoms with E-state index in [1.54, 1.807) is 0 Å². The SMILES string of the molecule is CC(C)[C@H](O)CBr.CC(C)[C@H](O)CCO.CC(C)[C@H](O)CCl.CC(C)[C@H]1CO1. The Bertz CT molecular complexity index is 299. The molecule has 28 heavy (non-hydrogen) atoms. The molecule has 0 spiro atoms. The van der Waals surface area contributed by atoms with E-state index in [9.17, 15) is 0 Å². The number of epoxide rings is 1. The van der Waals surface area contributed by atoms with Gasteiger partial charge in [0.05, 0.1) is 31.0 Å². The molecule has 0 radical (unpaired) electrons. The first-order chi connectivity index (χ1) is 12.8. The van der Waals surface area contributed by atoms with Gasteiger partial charge in [-0.25, -0.2) is 0 Å². The van der Waals surface area contributed by atoms with Gasteiger partial charge in [0.1, 0.15) is 0 Å². The summed E-state index contributed by atoms with van der Waals surface area (Å²) in [6.45, 7) is 17.2. The van der Waals surface area contributed by atoms with Crippen molar-refractivity contribution in [1.29, 1.82) is 0 Å². The minimum Gasteiger partial charge on any atom is -0.396 e. The van der Waals surface area contributed by atoms with E-state index in [0.29, 0.717) is 29.7 Å². The average molecular weight is 494 g/mol. The summed E-state index contributed by atoms with van der Waals surface area (Å²) in [5.41, 5.74) is 0. The number of hydrogen-bond acceptors (Lipinski definition) is 5. The summed E-state index contributed by atoms with van der Waals surface area (Å²) in [6, 6.07) is 0. The van der Waals surface area contributed by atoms with Gasteiger partial charge in [-0.05, 0) is 30.1 Å². The molecule has 0 unspecified atom stereocenters. The van der Waals surface area contributed by atoms with E-state index in [-0.39, 0.29) is 36.8 Å². The van der Waals surface area contributed by atoms with Gasteiger partial charge in [-0.2, -0.15) is 0 Å². The fourth-order valence-corrected chi connectivity index (χ4v) is 2.37. The molecule has 0 aromatic carbocycles. The van der Waals surface area contributed by atoms with Crippen molar-refractivity contribution >= 4 is 27.5 Å². The van der Waals surface area contributed by atoms with Gasteiger partial charge < -0.3 is 25.2 Å². The van der Waals surface area contributed by atoms with Gasteiger partial charge in [0.25, 0.3) is 0 Å². The van der Waals surface area contributed by atoms with Crippen LogP contribution in [-0.2, 0) is 4.74 Å². The Morgan fingerprint density at radius 2 is 1.25 bits per heavy atom. The lowest BCUT2D eigenvalue weighted by Gasteiger charge is -2.11. The molecule has 0 saturated carbocycles. The molecule has 1 aliphatic rings. The third kappa shape index (κ3) is 24.6. The highest BCUT2D eigenvalue weighted by Crippen LogP contribution is 2.17. The topological polar surface area (TPSA) is 93.5 Å². The largest absolute Gasteiger partial charge is 0.396 e. The minimum absolute atomic E-state index is 0.0827. The zero-order valence-electron chi connectivity index (χ0n) is 19.1. The molecule has 0 amide bonds. The second-order valence-corrected chi connectivity index (χ2v) is 9.33. The summed E-state index contributed by atoms with van der Waals surface area (Å²) in [6.07, 6.45) is 0.254. The van der Waals surface area contributed by atoms with Crippen LogP contribution in [-0.4, -0.2) is 69.3 Å². The average Bonchev–Trinajstić information content (AvgIpc) is 3.47. The van der Waals surface area contributed by atoms with Crippen LogP contribution in [0.4, 0.5) is 0 Å². The molecule has 1 saturated heterocycles. The van der Waals surface area contributed by atoms with Crippen molar-refractivity contribution in [1.82, 2.24) is 0 Å². The van der Waals surface area contributed by atoms with E-state index < -0.39 is 0 Å². The van der Waals surface area contributed by atoms with E-state index >= 15 is 0 Å². The fourth-order valence-electron chi connectivity index (χ4n) is 1.26. The number of alkyl halides is 2. The number of hydrogen-bond donors (Lipinski definition) is 4. The van der Waals surface area contributed by atoms with Crippen LogP contribution < -0.4 is 0 Å². The van der Waals surface area contributed by atoms with Crippen molar-refractivity contribution in [3.05, 3.63) is 0 Å². The quantitative estimate of drug-likeness (QED) is 0.302. The van der Waals surface area contributed by atoms with Gasteiger partial charge in [0, 0.05) is 17.8 Å². The lowest BCUT2D eigenvalue weighted by atomic mass is 10.1. The van der Waals surface area contributed by atoms with Crippen LogP contribution in [0, 0.1) is 23.7 Å². The Morgan fingerprint density at radius 1 is 0.857 bits per heavy atom. The fraction of sp³-hybridized carbons (Fsp3) is 1.00. The first-order valence-electron chi connectivity index (χ1n) is 10.2. The highest BCUT2D eigenvalue weighted by atomic mass is 79.9. The highest BCUT2D eigenvalue weighted by molar-refractivity contribution is 9.09. The number of aliphatic hydroxyl groups is 4. The summed E-state index contributed by atoms with van der Waals surface area (Å²) in [5, 5.41) is 35.7. The molecule has 4 N–H and O–H groups in total.